The van der Waals surface area contributed by atoms with E-state index in [4.69, 9.17) is 14.5 Å². The van der Waals surface area contributed by atoms with Crippen molar-refractivity contribution in [1.82, 2.24) is 10.2 Å². The Kier molecular flexibility index (Phi) is 11.9. The second kappa shape index (κ2) is 13.3. The van der Waals surface area contributed by atoms with Crippen LogP contribution in [0.5, 0.6) is 0 Å². The molecule has 1 aromatic carbocycles. The molecule has 0 amide bonds. The van der Waals surface area contributed by atoms with Crippen molar-refractivity contribution >= 4 is 29.9 Å². The predicted molar refractivity (Wildman–Crippen MR) is 119 cm³/mol. The summed E-state index contributed by atoms with van der Waals surface area (Å²) in [5.41, 5.74) is 2.65. The molecule has 5 nitrogen and oxygen atoms in total. The van der Waals surface area contributed by atoms with E-state index in [2.05, 4.69) is 48.3 Å². The molecule has 2 rings (SSSR count). The SMILES string of the molecule is CCNC(=NCCc1ccc(C)cc1)N1CCC(COCCOC)C1.I. The molecular formula is C20H34IN3O2. The number of nitrogens with zero attached hydrogens (tertiary/aromatic N) is 2. The van der Waals surface area contributed by atoms with Crippen molar-refractivity contribution in [3.05, 3.63) is 35.4 Å². The van der Waals surface area contributed by atoms with Crippen LogP contribution in [0.25, 0.3) is 0 Å². The zero-order valence-electron chi connectivity index (χ0n) is 16.4. The van der Waals surface area contributed by atoms with Crippen LogP contribution in [0.1, 0.15) is 24.5 Å². The third-order valence-corrected chi connectivity index (χ3v) is 4.49. The Labute approximate surface area is 175 Å². The molecule has 26 heavy (non-hydrogen) atoms. The Morgan fingerprint density at radius 1 is 1.27 bits per heavy atom. The van der Waals surface area contributed by atoms with Gasteiger partial charge < -0.3 is 19.7 Å². The van der Waals surface area contributed by atoms with Gasteiger partial charge in [0.05, 0.1) is 19.8 Å². The largest absolute Gasteiger partial charge is 0.382 e. The summed E-state index contributed by atoms with van der Waals surface area (Å²) in [6.45, 7) is 10.2. The van der Waals surface area contributed by atoms with Crippen LogP contribution in [0.2, 0.25) is 0 Å². The summed E-state index contributed by atoms with van der Waals surface area (Å²) < 4.78 is 10.7. The zero-order valence-corrected chi connectivity index (χ0v) is 18.7. The number of ether oxygens (including phenoxy) is 2. The zero-order chi connectivity index (χ0) is 17.9. The number of hydrogen-bond acceptors (Lipinski definition) is 3. The lowest BCUT2D eigenvalue weighted by Crippen LogP contribution is -2.40. The van der Waals surface area contributed by atoms with E-state index >= 15 is 0 Å². The summed E-state index contributed by atoms with van der Waals surface area (Å²) in [7, 11) is 1.70. The maximum atomic E-state index is 5.68. The first-order valence-electron chi connectivity index (χ1n) is 9.38. The van der Waals surface area contributed by atoms with Gasteiger partial charge in [-0.2, -0.15) is 0 Å². The van der Waals surface area contributed by atoms with E-state index in [-0.39, 0.29) is 24.0 Å². The van der Waals surface area contributed by atoms with Crippen molar-refractivity contribution in [3.63, 3.8) is 0 Å². The van der Waals surface area contributed by atoms with E-state index in [0.717, 1.165) is 51.6 Å². The minimum Gasteiger partial charge on any atom is -0.382 e. The second-order valence-electron chi connectivity index (χ2n) is 6.64. The van der Waals surface area contributed by atoms with Crippen molar-refractivity contribution < 1.29 is 9.47 Å². The average Bonchev–Trinajstić information content (AvgIpc) is 3.08. The van der Waals surface area contributed by atoms with Crippen molar-refractivity contribution in [3.8, 4) is 0 Å². The molecule has 1 aromatic rings. The lowest BCUT2D eigenvalue weighted by Gasteiger charge is -2.21. The van der Waals surface area contributed by atoms with Gasteiger partial charge in [0.25, 0.3) is 0 Å². The Morgan fingerprint density at radius 3 is 2.73 bits per heavy atom. The maximum Gasteiger partial charge on any atom is 0.193 e. The first-order chi connectivity index (χ1) is 12.2. The number of hydrogen-bond donors (Lipinski definition) is 1. The van der Waals surface area contributed by atoms with Gasteiger partial charge in [0.15, 0.2) is 5.96 Å². The maximum absolute atomic E-state index is 5.68. The number of likely N-dealkylation sites (tertiary alicyclic amines) is 1. The minimum absolute atomic E-state index is 0. The highest BCUT2D eigenvalue weighted by Crippen LogP contribution is 2.16. The Balaban J connectivity index is 0.00000338. The fourth-order valence-corrected chi connectivity index (χ4v) is 3.02. The van der Waals surface area contributed by atoms with E-state index in [0.29, 0.717) is 19.1 Å². The number of halogens is 1. The van der Waals surface area contributed by atoms with Gasteiger partial charge in [-0.25, -0.2) is 0 Å². The van der Waals surface area contributed by atoms with Crippen LogP contribution in [0, 0.1) is 12.8 Å². The van der Waals surface area contributed by atoms with Gasteiger partial charge in [0.1, 0.15) is 0 Å². The molecule has 1 saturated heterocycles. The molecule has 1 atom stereocenters. The number of guanidine groups is 1. The van der Waals surface area contributed by atoms with Crippen LogP contribution < -0.4 is 5.32 Å². The number of rotatable bonds is 9. The van der Waals surface area contributed by atoms with Crippen LogP contribution >= 0.6 is 24.0 Å². The molecule has 1 N–H and O–H groups in total. The lowest BCUT2D eigenvalue weighted by molar-refractivity contribution is 0.0536. The molecule has 0 saturated carbocycles. The molecule has 1 aliphatic heterocycles. The molecule has 1 aliphatic rings. The minimum atomic E-state index is 0. The Morgan fingerprint density at radius 2 is 2.04 bits per heavy atom. The van der Waals surface area contributed by atoms with Gasteiger partial charge in [0, 0.05) is 39.2 Å². The van der Waals surface area contributed by atoms with Crippen LogP contribution in [-0.4, -0.2) is 64.0 Å². The molecule has 0 aliphatic carbocycles. The first kappa shape index (κ1) is 23.2. The third kappa shape index (κ3) is 8.22. The molecule has 1 fully saturated rings. The van der Waals surface area contributed by atoms with Gasteiger partial charge >= 0.3 is 0 Å². The molecule has 0 bridgehead atoms. The average molecular weight is 475 g/mol. The quantitative estimate of drug-likeness (QED) is 0.258. The summed E-state index contributed by atoms with van der Waals surface area (Å²) in [6.07, 6.45) is 2.14. The molecule has 1 heterocycles. The lowest BCUT2D eigenvalue weighted by atomic mass is 10.1. The fourth-order valence-electron chi connectivity index (χ4n) is 3.02. The molecule has 0 spiro atoms. The van der Waals surface area contributed by atoms with Gasteiger partial charge in [-0.1, -0.05) is 29.8 Å². The third-order valence-electron chi connectivity index (χ3n) is 4.49. The van der Waals surface area contributed by atoms with E-state index in [1.807, 2.05) is 0 Å². The number of methoxy groups -OCH3 is 1. The van der Waals surface area contributed by atoms with E-state index in [1.165, 1.54) is 11.1 Å². The van der Waals surface area contributed by atoms with Crippen molar-refractivity contribution in [2.24, 2.45) is 10.9 Å². The molecule has 0 radical (unpaired) electrons. The highest BCUT2D eigenvalue weighted by Gasteiger charge is 2.24. The number of benzene rings is 1. The number of nitrogens with one attached hydrogen (secondary N) is 1. The summed E-state index contributed by atoms with van der Waals surface area (Å²) in [6, 6.07) is 8.72. The number of aliphatic imine (C=N–C) groups is 1. The summed E-state index contributed by atoms with van der Waals surface area (Å²) in [4.78, 5) is 7.19. The van der Waals surface area contributed by atoms with Gasteiger partial charge in [-0.05, 0) is 32.3 Å². The van der Waals surface area contributed by atoms with Gasteiger partial charge in [0.2, 0.25) is 0 Å². The summed E-state index contributed by atoms with van der Waals surface area (Å²) in [5, 5.41) is 3.43. The fraction of sp³-hybridized carbons (Fsp3) is 0.650. The van der Waals surface area contributed by atoms with Crippen molar-refractivity contribution in [2.75, 3.05) is 53.1 Å². The molecule has 6 heteroatoms. The monoisotopic (exact) mass is 475 g/mol. The highest BCUT2D eigenvalue weighted by molar-refractivity contribution is 14.0. The smallest absolute Gasteiger partial charge is 0.193 e. The van der Waals surface area contributed by atoms with Crippen LogP contribution in [-0.2, 0) is 15.9 Å². The van der Waals surface area contributed by atoms with Gasteiger partial charge in [-0.3, -0.25) is 4.99 Å². The van der Waals surface area contributed by atoms with E-state index < -0.39 is 0 Å². The molecule has 1 unspecified atom stereocenters. The van der Waals surface area contributed by atoms with E-state index in [9.17, 15) is 0 Å². The normalized spacial score (nSPS) is 17.3. The summed E-state index contributed by atoms with van der Waals surface area (Å²) >= 11 is 0. The first-order valence-corrected chi connectivity index (χ1v) is 9.38. The van der Waals surface area contributed by atoms with Crippen LogP contribution in [0.15, 0.2) is 29.3 Å². The Bertz CT molecular complexity index is 522. The highest BCUT2D eigenvalue weighted by atomic mass is 127. The second-order valence-corrected chi connectivity index (χ2v) is 6.64. The summed E-state index contributed by atoms with van der Waals surface area (Å²) in [5.74, 6) is 1.62. The van der Waals surface area contributed by atoms with Crippen LogP contribution in [0.3, 0.4) is 0 Å². The van der Waals surface area contributed by atoms with E-state index in [1.54, 1.807) is 7.11 Å². The standard InChI is InChI=1S/C20H33N3O2.HI/c1-4-21-20(22-11-9-18-7-5-17(2)6-8-18)23-12-10-19(15-23)16-25-14-13-24-3;/h5-8,19H,4,9-16H2,1-3H3,(H,21,22);1H. The topological polar surface area (TPSA) is 46.1 Å². The van der Waals surface area contributed by atoms with Crippen molar-refractivity contribution in [1.29, 1.82) is 0 Å². The molecule has 0 aromatic heterocycles. The van der Waals surface area contributed by atoms with Crippen molar-refractivity contribution in [2.45, 2.75) is 26.7 Å². The number of aryl methyl sites for hydroxylation is 1. The molecular weight excluding hydrogens is 441 g/mol. The Hall–Kier alpha value is -0.860. The van der Waals surface area contributed by atoms with Crippen LogP contribution in [0.4, 0.5) is 0 Å². The van der Waals surface area contributed by atoms with Gasteiger partial charge in [-0.15, -0.1) is 24.0 Å². The predicted octanol–water partition coefficient (Wildman–Crippen LogP) is 3.11. The molecule has 148 valence electrons.